The quantitative estimate of drug-likeness (QED) is 0.296. The van der Waals surface area contributed by atoms with Crippen molar-refractivity contribution < 1.29 is 0 Å². The Kier molecular flexibility index (Phi) is 3.65. The van der Waals surface area contributed by atoms with E-state index in [2.05, 4.69) is 118 Å². The third kappa shape index (κ3) is 2.46. The zero-order valence-electron chi connectivity index (χ0n) is 14.1. The summed E-state index contributed by atoms with van der Waals surface area (Å²) >= 11 is 3.63. The topological polar surface area (TPSA) is 4.93 Å². The van der Waals surface area contributed by atoms with Crippen LogP contribution in [0.25, 0.3) is 38.6 Å². The standard InChI is InChI=1S/C24H16BrN/c25-19-12-14-23-22(16-19)21-13-11-18(17-7-3-1-4-8-17)15-24(21)26(23)20-9-5-2-6-10-20/h1-16H. The summed E-state index contributed by atoms with van der Waals surface area (Å²) in [5.41, 5.74) is 6.10. The number of aromatic nitrogens is 1. The van der Waals surface area contributed by atoms with Gasteiger partial charge in [-0.25, -0.2) is 0 Å². The minimum Gasteiger partial charge on any atom is -0.309 e. The van der Waals surface area contributed by atoms with Gasteiger partial charge in [0.2, 0.25) is 0 Å². The van der Waals surface area contributed by atoms with Gasteiger partial charge in [0, 0.05) is 20.9 Å². The van der Waals surface area contributed by atoms with Gasteiger partial charge in [0.05, 0.1) is 11.0 Å². The van der Waals surface area contributed by atoms with Gasteiger partial charge in [-0.15, -0.1) is 0 Å². The first-order valence-electron chi connectivity index (χ1n) is 8.66. The zero-order valence-corrected chi connectivity index (χ0v) is 15.6. The maximum Gasteiger partial charge on any atom is 0.0547 e. The summed E-state index contributed by atoms with van der Waals surface area (Å²) in [5, 5.41) is 2.53. The van der Waals surface area contributed by atoms with Crippen molar-refractivity contribution >= 4 is 37.7 Å². The lowest BCUT2D eigenvalue weighted by Gasteiger charge is -2.09. The van der Waals surface area contributed by atoms with E-state index in [0.717, 1.165) is 4.47 Å². The molecule has 0 fully saturated rings. The van der Waals surface area contributed by atoms with E-state index in [-0.39, 0.29) is 0 Å². The van der Waals surface area contributed by atoms with Crippen LogP contribution in [0.5, 0.6) is 0 Å². The number of benzene rings is 4. The Hall–Kier alpha value is -2.84. The van der Waals surface area contributed by atoms with Crippen molar-refractivity contribution in [1.82, 2.24) is 4.57 Å². The van der Waals surface area contributed by atoms with Gasteiger partial charge < -0.3 is 4.57 Å². The van der Waals surface area contributed by atoms with Gasteiger partial charge in [0.25, 0.3) is 0 Å². The molecule has 0 atom stereocenters. The molecule has 0 bridgehead atoms. The van der Waals surface area contributed by atoms with Crippen LogP contribution in [0.1, 0.15) is 0 Å². The number of fused-ring (bicyclic) bond motifs is 3. The van der Waals surface area contributed by atoms with Crippen LogP contribution in [-0.4, -0.2) is 4.57 Å². The van der Waals surface area contributed by atoms with Gasteiger partial charge in [-0.3, -0.25) is 0 Å². The second-order valence-electron chi connectivity index (χ2n) is 6.43. The van der Waals surface area contributed by atoms with E-state index in [4.69, 9.17) is 0 Å². The Morgan fingerprint density at radius 2 is 1.27 bits per heavy atom. The van der Waals surface area contributed by atoms with E-state index in [1.165, 1.54) is 38.6 Å². The van der Waals surface area contributed by atoms with Crippen LogP contribution in [0.3, 0.4) is 0 Å². The highest BCUT2D eigenvalue weighted by molar-refractivity contribution is 9.10. The van der Waals surface area contributed by atoms with Crippen LogP contribution in [-0.2, 0) is 0 Å². The molecule has 0 amide bonds. The summed E-state index contributed by atoms with van der Waals surface area (Å²) < 4.78 is 3.45. The van der Waals surface area contributed by atoms with Gasteiger partial charge in [0.1, 0.15) is 0 Å². The third-order valence-electron chi connectivity index (χ3n) is 4.85. The lowest BCUT2D eigenvalue weighted by molar-refractivity contribution is 1.18. The summed E-state index contributed by atoms with van der Waals surface area (Å²) in [4.78, 5) is 0. The molecular formula is C24H16BrN. The van der Waals surface area contributed by atoms with Gasteiger partial charge in [-0.2, -0.15) is 0 Å². The van der Waals surface area contributed by atoms with Crippen LogP contribution in [0.4, 0.5) is 0 Å². The van der Waals surface area contributed by atoms with E-state index in [0.29, 0.717) is 0 Å². The van der Waals surface area contributed by atoms with Crippen LogP contribution < -0.4 is 0 Å². The predicted octanol–water partition coefficient (Wildman–Crippen LogP) is 7.21. The predicted molar refractivity (Wildman–Crippen MR) is 114 cm³/mol. The molecule has 0 spiro atoms. The average molecular weight is 398 g/mol. The minimum absolute atomic E-state index is 1.10. The van der Waals surface area contributed by atoms with Crippen molar-refractivity contribution in [3.05, 3.63) is 102 Å². The fraction of sp³-hybridized carbons (Fsp3) is 0. The van der Waals surface area contributed by atoms with Crippen molar-refractivity contribution in [3.8, 4) is 16.8 Å². The van der Waals surface area contributed by atoms with Gasteiger partial charge in [0.15, 0.2) is 0 Å². The SMILES string of the molecule is Brc1ccc2c(c1)c1ccc(-c3ccccc3)cc1n2-c1ccccc1. The Labute approximate surface area is 160 Å². The highest BCUT2D eigenvalue weighted by Crippen LogP contribution is 2.35. The molecule has 0 unspecified atom stereocenters. The number of para-hydroxylation sites is 1. The van der Waals surface area contributed by atoms with Gasteiger partial charge in [-0.05, 0) is 47.5 Å². The maximum atomic E-state index is 3.63. The monoisotopic (exact) mass is 397 g/mol. The first-order chi connectivity index (χ1) is 12.8. The first kappa shape index (κ1) is 15.4. The Balaban J connectivity index is 1.89. The molecule has 0 radical (unpaired) electrons. The van der Waals surface area contributed by atoms with E-state index in [1.54, 1.807) is 0 Å². The van der Waals surface area contributed by atoms with E-state index < -0.39 is 0 Å². The molecule has 4 aromatic carbocycles. The normalized spacial score (nSPS) is 11.3. The number of hydrogen-bond donors (Lipinski definition) is 0. The lowest BCUT2D eigenvalue weighted by atomic mass is 10.0. The van der Waals surface area contributed by atoms with Crippen LogP contribution >= 0.6 is 15.9 Å². The molecule has 1 heterocycles. The molecule has 1 aromatic heterocycles. The largest absolute Gasteiger partial charge is 0.309 e. The Bertz CT molecular complexity index is 1220. The molecular weight excluding hydrogens is 382 g/mol. The third-order valence-corrected chi connectivity index (χ3v) is 5.34. The van der Waals surface area contributed by atoms with Crippen LogP contribution in [0.15, 0.2) is 102 Å². The Morgan fingerprint density at radius 3 is 2.04 bits per heavy atom. The van der Waals surface area contributed by atoms with Gasteiger partial charge >= 0.3 is 0 Å². The van der Waals surface area contributed by atoms with Crippen LogP contribution in [0, 0.1) is 0 Å². The molecule has 26 heavy (non-hydrogen) atoms. The van der Waals surface area contributed by atoms with E-state index >= 15 is 0 Å². The smallest absolute Gasteiger partial charge is 0.0547 e. The highest BCUT2D eigenvalue weighted by Gasteiger charge is 2.13. The molecule has 1 nitrogen and oxygen atoms in total. The fourth-order valence-electron chi connectivity index (χ4n) is 3.66. The molecule has 0 aliphatic carbocycles. The molecule has 0 aliphatic rings. The van der Waals surface area contributed by atoms with Crippen molar-refractivity contribution in [2.24, 2.45) is 0 Å². The Morgan fingerprint density at radius 1 is 0.538 bits per heavy atom. The molecule has 124 valence electrons. The highest BCUT2D eigenvalue weighted by atomic mass is 79.9. The fourth-order valence-corrected chi connectivity index (χ4v) is 4.02. The molecule has 0 saturated heterocycles. The molecule has 0 aliphatic heterocycles. The summed E-state index contributed by atoms with van der Waals surface area (Å²) in [6.45, 7) is 0. The summed E-state index contributed by atoms with van der Waals surface area (Å²) in [7, 11) is 0. The van der Waals surface area contributed by atoms with Crippen LogP contribution in [0.2, 0.25) is 0 Å². The number of rotatable bonds is 2. The van der Waals surface area contributed by atoms with E-state index in [1.807, 2.05) is 0 Å². The molecule has 5 aromatic rings. The summed E-state index contributed by atoms with van der Waals surface area (Å²) in [5.74, 6) is 0. The van der Waals surface area contributed by atoms with Crippen molar-refractivity contribution in [1.29, 1.82) is 0 Å². The first-order valence-corrected chi connectivity index (χ1v) is 9.45. The molecule has 0 N–H and O–H groups in total. The van der Waals surface area contributed by atoms with Crippen molar-refractivity contribution in [2.45, 2.75) is 0 Å². The molecule has 2 heteroatoms. The minimum atomic E-state index is 1.10. The summed E-state index contributed by atoms with van der Waals surface area (Å²) in [6.07, 6.45) is 0. The summed E-state index contributed by atoms with van der Waals surface area (Å²) in [6, 6.07) is 34.4. The second kappa shape index (κ2) is 6.15. The number of nitrogens with zero attached hydrogens (tertiary/aromatic N) is 1. The lowest BCUT2D eigenvalue weighted by Crippen LogP contribution is -1.93. The second-order valence-corrected chi connectivity index (χ2v) is 7.35. The van der Waals surface area contributed by atoms with Crippen molar-refractivity contribution in [2.75, 3.05) is 0 Å². The van der Waals surface area contributed by atoms with E-state index in [9.17, 15) is 0 Å². The number of halogens is 1. The average Bonchev–Trinajstić information content (AvgIpc) is 3.02. The maximum absolute atomic E-state index is 3.63. The molecule has 5 rings (SSSR count). The molecule has 0 saturated carbocycles. The number of hydrogen-bond acceptors (Lipinski definition) is 0. The van der Waals surface area contributed by atoms with Gasteiger partial charge in [-0.1, -0.05) is 76.6 Å². The van der Waals surface area contributed by atoms with Crippen molar-refractivity contribution in [3.63, 3.8) is 0 Å². The zero-order chi connectivity index (χ0) is 17.5.